The number of aromatic hydroxyl groups is 1. The number of piperidine rings is 1. The van der Waals surface area contributed by atoms with Crippen molar-refractivity contribution in [3.05, 3.63) is 29.8 Å². The van der Waals surface area contributed by atoms with E-state index in [1.54, 1.807) is 12.1 Å². The van der Waals surface area contributed by atoms with Gasteiger partial charge in [-0.15, -0.1) is 0 Å². The van der Waals surface area contributed by atoms with Crippen LogP contribution < -0.4 is 5.32 Å². The standard InChI is InChI=1S/C13H19NO2/c15-13-5-1-3-11(7-13)9-16-10-12-4-2-6-14-8-12/h1,3,5,7,12,14-15H,2,4,6,8-10H2. The number of ether oxygens (including phenoxy) is 1. The van der Waals surface area contributed by atoms with E-state index in [4.69, 9.17) is 4.74 Å². The average molecular weight is 221 g/mol. The number of phenolic OH excluding ortho intramolecular Hbond substituents is 1. The van der Waals surface area contributed by atoms with Crippen molar-refractivity contribution in [1.29, 1.82) is 0 Å². The molecule has 0 spiro atoms. The third-order valence-electron chi connectivity index (χ3n) is 2.93. The quantitative estimate of drug-likeness (QED) is 0.816. The van der Waals surface area contributed by atoms with E-state index in [2.05, 4.69) is 5.32 Å². The van der Waals surface area contributed by atoms with Crippen molar-refractivity contribution in [2.75, 3.05) is 19.7 Å². The molecule has 1 aromatic rings. The fourth-order valence-electron chi connectivity index (χ4n) is 2.06. The highest BCUT2D eigenvalue weighted by molar-refractivity contribution is 5.26. The second-order valence-electron chi connectivity index (χ2n) is 4.40. The Bertz CT molecular complexity index is 321. The van der Waals surface area contributed by atoms with Gasteiger partial charge in [0.2, 0.25) is 0 Å². The van der Waals surface area contributed by atoms with Gasteiger partial charge in [-0.1, -0.05) is 12.1 Å². The molecule has 0 radical (unpaired) electrons. The molecule has 1 fully saturated rings. The van der Waals surface area contributed by atoms with Gasteiger partial charge in [-0.2, -0.15) is 0 Å². The molecule has 0 aliphatic carbocycles. The minimum atomic E-state index is 0.306. The van der Waals surface area contributed by atoms with Gasteiger partial charge in [0.05, 0.1) is 13.2 Å². The zero-order chi connectivity index (χ0) is 11.2. The van der Waals surface area contributed by atoms with E-state index in [0.717, 1.165) is 25.3 Å². The van der Waals surface area contributed by atoms with Crippen molar-refractivity contribution in [2.24, 2.45) is 5.92 Å². The molecule has 0 saturated carbocycles. The third kappa shape index (κ3) is 3.51. The highest BCUT2D eigenvalue weighted by Gasteiger charge is 2.12. The van der Waals surface area contributed by atoms with E-state index in [1.807, 2.05) is 12.1 Å². The van der Waals surface area contributed by atoms with Crippen LogP contribution in [0.1, 0.15) is 18.4 Å². The van der Waals surface area contributed by atoms with E-state index in [0.29, 0.717) is 18.3 Å². The molecule has 1 aliphatic heterocycles. The molecular formula is C13H19NO2. The summed E-state index contributed by atoms with van der Waals surface area (Å²) in [7, 11) is 0. The molecule has 1 aromatic carbocycles. The maximum atomic E-state index is 9.30. The normalized spacial score (nSPS) is 20.9. The number of phenols is 1. The fourth-order valence-corrected chi connectivity index (χ4v) is 2.06. The summed E-state index contributed by atoms with van der Waals surface area (Å²) in [6, 6.07) is 7.24. The number of nitrogens with one attached hydrogen (secondary N) is 1. The molecule has 1 atom stereocenters. The maximum absolute atomic E-state index is 9.30. The molecule has 0 bridgehead atoms. The summed E-state index contributed by atoms with van der Waals surface area (Å²) >= 11 is 0. The van der Waals surface area contributed by atoms with Crippen LogP contribution in [0.3, 0.4) is 0 Å². The lowest BCUT2D eigenvalue weighted by Crippen LogP contribution is -2.32. The second kappa shape index (κ2) is 5.87. The lowest BCUT2D eigenvalue weighted by atomic mass is 10.0. The summed E-state index contributed by atoms with van der Waals surface area (Å²) in [5.74, 6) is 0.950. The smallest absolute Gasteiger partial charge is 0.115 e. The largest absolute Gasteiger partial charge is 0.508 e. The summed E-state index contributed by atoms with van der Waals surface area (Å²) < 4.78 is 5.66. The van der Waals surface area contributed by atoms with E-state index >= 15 is 0 Å². The Morgan fingerprint density at radius 1 is 1.44 bits per heavy atom. The Hall–Kier alpha value is -1.06. The van der Waals surface area contributed by atoms with Gasteiger partial charge in [-0.05, 0) is 43.0 Å². The monoisotopic (exact) mass is 221 g/mol. The topological polar surface area (TPSA) is 41.5 Å². The van der Waals surface area contributed by atoms with Crippen LogP contribution in [-0.4, -0.2) is 24.8 Å². The molecule has 88 valence electrons. The van der Waals surface area contributed by atoms with Crippen LogP contribution >= 0.6 is 0 Å². The molecular weight excluding hydrogens is 202 g/mol. The summed E-state index contributed by atoms with van der Waals surface area (Å²) in [6.07, 6.45) is 2.51. The Labute approximate surface area is 96.4 Å². The van der Waals surface area contributed by atoms with Crippen molar-refractivity contribution < 1.29 is 9.84 Å². The molecule has 3 nitrogen and oxygen atoms in total. The van der Waals surface area contributed by atoms with Crippen molar-refractivity contribution in [1.82, 2.24) is 5.32 Å². The zero-order valence-electron chi connectivity index (χ0n) is 9.48. The molecule has 0 amide bonds. The van der Waals surface area contributed by atoms with Crippen LogP contribution in [0, 0.1) is 5.92 Å². The van der Waals surface area contributed by atoms with Gasteiger partial charge in [0.25, 0.3) is 0 Å². The highest BCUT2D eigenvalue weighted by atomic mass is 16.5. The summed E-state index contributed by atoms with van der Waals surface area (Å²) in [5, 5.41) is 12.7. The van der Waals surface area contributed by atoms with Gasteiger partial charge in [-0.25, -0.2) is 0 Å². The van der Waals surface area contributed by atoms with Gasteiger partial charge in [0.1, 0.15) is 5.75 Å². The van der Waals surface area contributed by atoms with Crippen molar-refractivity contribution in [3.63, 3.8) is 0 Å². The number of rotatable bonds is 4. The van der Waals surface area contributed by atoms with Gasteiger partial charge in [0.15, 0.2) is 0 Å². The average Bonchev–Trinajstić information content (AvgIpc) is 2.30. The first-order valence-corrected chi connectivity index (χ1v) is 5.91. The Morgan fingerprint density at radius 3 is 3.12 bits per heavy atom. The first-order chi connectivity index (χ1) is 7.84. The highest BCUT2D eigenvalue weighted by Crippen LogP contribution is 2.14. The van der Waals surface area contributed by atoms with Crippen molar-refractivity contribution in [3.8, 4) is 5.75 Å². The summed E-state index contributed by atoms with van der Waals surface area (Å²) in [6.45, 7) is 3.61. The summed E-state index contributed by atoms with van der Waals surface area (Å²) in [4.78, 5) is 0. The number of hydrogen-bond acceptors (Lipinski definition) is 3. The molecule has 16 heavy (non-hydrogen) atoms. The Morgan fingerprint density at radius 2 is 2.38 bits per heavy atom. The fraction of sp³-hybridized carbons (Fsp3) is 0.538. The number of hydrogen-bond donors (Lipinski definition) is 2. The molecule has 1 unspecified atom stereocenters. The van der Waals surface area contributed by atoms with Gasteiger partial charge < -0.3 is 15.2 Å². The van der Waals surface area contributed by atoms with E-state index in [9.17, 15) is 5.11 Å². The van der Waals surface area contributed by atoms with E-state index < -0.39 is 0 Å². The third-order valence-corrected chi connectivity index (χ3v) is 2.93. The first kappa shape index (κ1) is 11.4. The maximum Gasteiger partial charge on any atom is 0.115 e. The number of benzene rings is 1. The van der Waals surface area contributed by atoms with Crippen LogP contribution in [0.5, 0.6) is 5.75 Å². The van der Waals surface area contributed by atoms with Gasteiger partial charge >= 0.3 is 0 Å². The lowest BCUT2D eigenvalue weighted by molar-refractivity contribution is 0.0782. The molecule has 2 rings (SSSR count). The van der Waals surface area contributed by atoms with Crippen LogP contribution in [0.25, 0.3) is 0 Å². The van der Waals surface area contributed by atoms with Gasteiger partial charge in [-0.3, -0.25) is 0 Å². The van der Waals surface area contributed by atoms with E-state index in [1.165, 1.54) is 12.8 Å². The van der Waals surface area contributed by atoms with Crippen LogP contribution in [-0.2, 0) is 11.3 Å². The van der Waals surface area contributed by atoms with Crippen LogP contribution in [0.4, 0.5) is 0 Å². The Balaban J connectivity index is 1.71. The zero-order valence-corrected chi connectivity index (χ0v) is 9.48. The lowest BCUT2D eigenvalue weighted by Gasteiger charge is -2.22. The molecule has 2 N–H and O–H groups in total. The minimum Gasteiger partial charge on any atom is -0.508 e. The molecule has 1 aliphatic rings. The first-order valence-electron chi connectivity index (χ1n) is 5.91. The summed E-state index contributed by atoms with van der Waals surface area (Å²) in [5.41, 5.74) is 1.03. The predicted molar refractivity (Wildman–Crippen MR) is 63.4 cm³/mol. The Kier molecular flexibility index (Phi) is 4.19. The van der Waals surface area contributed by atoms with E-state index in [-0.39, 0.29) is 0 Å². The molecule has 0 aromatic heterocycles. The molecule has 1 saturated heterocycles. The molecule has 1 heterocycles. The predicted octanol–water partition coefficient (Wildman–Crippen LogP) is 1.91. The molecule has 3 heteroatoms. The van der Waals surface area contributed by atoms with Gasteiger partial charge in [0, 0.05) is 6.54 Å². The SMILES string of the molecule is Oc1cccc(COCC2CCCNC2)c1. The van der Waals surface area contributed by atoms with Crippen LogP contribution in [0.15, 0.2) is 24.3 Å². The van der Waals surface area contributed by atoms with Crippen molar-refractivity contribution in [2.45, 2.75) is 19.4 Å². The van der Waals surface area contributed by atoms with Crippen molar-refractivity contribution >= 4 is 0 Å². The second-order valence-corrected chi connectivity index (χ2v) is 4.40. The minimum absolute atomic E-state index is 0.306. The van der Waals surface area contributed by atoms with Crippen LogP contribution in [0.2, 0.25) is 0 Å².